The van der Waals surface area contributed by atoms with Gasteiger partial charge in [-0.3, -0.25) is 9.59 Å². The van der Waals surface area contributed by atoms with E-state index in [-0.39, 0.29) is 11.7 Å². The first kappa shape index (κ1) is 17.5. The Bertz CT molecular complexity index is 731. The van der Waals surface area contributed by atoms with E-state index in [1.54, 1.807) is 49.4 Å². The normalized spacial score (nSPS) is 11.7. The first-order valence-corrected chi connectivity index (χ1v) is 8.07. The number of rotatable bonds is 5. The van der Waals surface area contributed by atoms with Crippen molar-refractivity contribution in [1.82, 2.24) is 0 Å². The average molecular weight is 397 g/mol. The van der Waals surface area contributed by atoms with Crippen LogP contribution in [0, 0.1) is 0 Å². The van der Waals surface area contributed by atoms with Crippen LogP contribution in [0.5, 0.6) is 5.75 Å². The predicted octanol–water partition coefficient (Wildman–Crippen LogP) is 4.71. The molecule has 0 aromatic heterocycles. The Kier molecular flexibility index (Phi) is 5.80. The van der Waals surface area contributed by atoms with E-state index in [4.69, 9.17) is 16.3 Å². The van der Waals surface area contributed by atoms with Crippen LogP contribution in [0.15, 0.2) is 46.9 Å². The van der Waals surface area contributed by atoms with Crippen molar-refractivity contribution in [2.24, 2.45) is 0 Å². The molecule has 1 atom stereocenters. The van der Waals surface area contributed by atoms with Gasteiger partial charge in [-0.15, -0.1) is 0 Å². The topological polar surface area (TPSA) is 55.4 Å². The summed E-state index contributed by atoms with van der Waals surface area (Å²) in [6.45, 7) is 3.13. The molecule has 6 heteroatoms. The van der Waals surface area contributed by atoms with Gasteiger partial charge in [0.1, 0.15) is 5.75 Å². The maximum Gasteiger partial charge on any atom is 0.265 e. The highest BCUT2D eigenvalue weighted by atomic mass is 79.9. The van der Waals surface area contributed by atoms with E-state index < -0.39 is 6.10 Å². The zero-order valence-corrected chi connectivity index (χ0v) is 14.9. The molecule has 120 valence electrons. The number of hydrogen-bond acceptors (Lipinski definition) is 3. The molecule has 0 spiro atoms. The molecule has 0 heterocycles. The van der Waals surface area contributed by atoms with Gasteiger partial charge in [0.2, 0.25) is 0 Å². The first-order chi connectivity index (χ1) is 10.9. The minimum atomic E-state index is -0.721. The molecule has 0 radical (unpaired) electrons. The lowest BCUT2D eigenvalue weighted by molar-refractivity contribution is -0.122. The van der Waals surface area contributed by atoms with Crippen molar-refractivity contribution in [1.29, 1.82) is 0 Å². The van der Waals surface area contributed by atoms with Gasteiger partial charge >= 0.3 is 0 Å². The van der Waals surface area contributed by atoms with Crippen molar-refractivity contribution in [2.45, 2.75) is 20.0 Å². The first-order valence-electron chi connectivity index (χ1n) is 6.90. The Balaban J connectivity index is 2.00. The molecule has 0 saturated heterocycles. The van der Waals surface area contributed by atoms with Gasteiger partial charge in [-0.2, -0.15) is 0 Å². The smallest absolute Gasteiger partial charge is 0.265 e. The standard InChI is InChI=1S/C17H15BrClNO3/c1-10(21)12-3-6-14(7-4-12)20-17(22)11(2)23-16-8-5-13(18)9-15(16)19/h3-9,11H,1-2H3,(H,20,22)/t11-/m1/s1. The van der Waals surface area contributed by atoms with Gasteiger partial charge in [0, 0.05) is 15.7 Å². The zero-order chi connectivity index (χ0) is 17.0. The summed E-state index contributed by atoms with van der Waals surface area (Å²) in [4.78, 5) is 23.4. The Hall–Kier alpha value is -1.85. The van der Waals surface area contributed by atoms with Gasteiger partial charge in [-0.05, 0) is 56.3 Å². The largest absolute Gasteiger partial charge is 0.479 e. The van der Waals surface area contributed by atoms with Crippen LogP contribution in [-0.2, 0) is 4.79 Å². The van der Waals surface area contributed by atoms with E-state index in [0.717, 1.165) is 4.47 Å². The Morgan fingerprint density at radius 2 is 1.83 bits per heavy atom. The maximum atomic E-state index is 12.2. The Morgan fingerprint density at radius 1 is 1.17 bits per heavy atom. The predicted molar refractivity (Wildman–Crippen MR) is 94.3 cm³/mol. The lowest BCUT2D eigenvalue weighted by atomic mass is 10.1. The van der Waals surface area contributed by atoms with Crippen LogP contribution in [0.3, 0.4) is 0 Å². The lowest BCUT2D eigenvalue weighted by Gasteiger charge is -2.16. The third-order valence-electron chi connectivity index (χ3n) is 3.13. The highest BCUT2D eigenvalue weighted by Crippen LogP contribution is 2.28. The average Bonchev–Trinajstić information content (AvgIpc) is 2.50. The molecular formula is C17H15BrClNO3. The number of Topliss-reactive ketones (excluding diaryl/α,β-unsaturated/α-hetero) is 1. The number of nitrogens with one attached hydrogen (secondary N) is 1. The van der Waals surface area contributed by atoms with Crippen LogP contribution >= 0.6 is 27.5 Å². The van der Waals surface area contributed by atoms with Crippen LogP contribution < -0.4 is 10.1 Å². The summed E-state index contributed by atoms with van der Waals surface area (Å²) in [5, 5.41) is 3.15. The van der Waals surface area contributed by atoms with Gasteiger partial charge < -0.3 is 10.1 Å². The van der Waals surface area contributed by atoms with Crippen LogP contribution in [0.2, 0.25) is 5.02 Å². The molecule has 23 heavy (non-hydrogen) atoms. The van der Waals surface area contributed by atoms with Crippen LogP contribution in [0.4, 0.5) is 5.69 Å². The molecule has 0 aliphatic heterocycles. The summed E-state index contributed by atoms with van der Waals surface area (Å²) in [5.74, 6) is 0.105. The number of benzene rings is 2. The van der Waals surface area contributed by atoms with E-state index in [9.17, 15) is 9.59 Å². The molecule has 0 aliphatic carbocycles. The van der Waals surface area contributed by atoms with Crippen molar-refractivity contribution in [3.63, 3.8) is 0 Å². The number of ether oxygens (including phenoxy) is 1. The highest BCUT2D eigenvalue weighted by Gasteiger charge is 2.16. The minimum absolute atomic E-state index is 0.0236. The molecule has 4 nitrogen and oxygen atoms in total. The van der Waals surface area contributed by atoms with Crippen molar-refractivity contribution in [2.75, 3.05) is 5.32 Å². The molecule has 2 aromatic rings. The van der Waals surface area contributed by atoms with E-state index in [2.05, 4.69) is 21.2 Å². The Morgan fingerprint density at radius 3 is 2.39 bits per heavy atom. The molecule has 0 unspecified atom stereocenters. The molecule has 0 aliphatic rings. The number of amides is 1. The quantitative estimate of drug-likeness (QED) is 0.745. The molecule has 0 bridgehead atoms. The fourth-order valence-electron chi connectivity index (χ4n) is 1.85. The van der Waals surface area contributed by atoms with Crippen molar-refractivity contribution in [3.05, 3.63) is 57.5 Å². The minimum Gasteiger partial charge on any atom is -0.479 e. The number of carbonyl (C=O) groups excluding carboxylic acids is 2. The van der Waals surface area contributed by atoms with Crippen LogP contribution in [0.25, 0.3) is 0 Å². The van der Waals surface area contributed by atoms with Crippen LogP contribution in [-0.4, -0.2) is 17.8 Å². The second kappa shape index (κ2) is 7.62. The molecule has 0 saturated carbocycles. The van der Waals surface area contributed by atoms with Gasteiger partial charge in [0.05, 0.1) is 5.02 Å². The third kappa shape index (κ3) is 4.81. The number of anilines is 1. The fraction of sp³-hybridized carbons (Fsp3) is 0.176. The molecule has 1 amide bonds. The highest BCUT2D eigenvalue weighted by molar-refractivity contribution is 9.10. The van der Waals surface area contributed by atoms with E-state index >= 15 is 0 Å². The summed E-state index contributed by atoms with van der Waals surface area (Å²) in [6, 6.07) is 11.8. The van der Waals surface area contributed by atoms with E-state index in [1.807, 2.05) is 0 Å². The molecular weight excluding hydrogens is 382 g/mol. The van der Waals surface area contributed by atoms with Crippen molar-refractivity contribution < 1.29 is 14.3 Å². The van der Waals surface area contributed by atoms with Gasteiger partial charge in [0.25, 0.3) is 5.91 Å². The maximum absolute atomic E-state index is 12.2. The second-order valence-corrected chi connectivity index (χ2v) is 6.28. The summed E-state index contributed by atoms with van der Waals surface area (Å²) in [6.07, 6.45) is -0.721. The fourth-order valence-corrected chi connectivity index (χ4v) is 2.56. The molecule has 1 N–H and O–H groups in total. The third-order valence-corrected chi connectivity index (χ3v) is 3.91. The number of ketones is 1. The lowest BCUT2D eigenvalue weighted by Crippen LogP contribution is -2.30. The monoisotopic (exact) mass is 395 g/mol. The number of halogens is 2. The van der Waals surface area contributed by atoms with Crippen molar-refractivity contribution in [3.8, 4) is 5.75 Å². The summed E-state index contributed by atoms with van der Waals surface area (Å²) >= 11 is 9.38. The number of hydrogen-bond donors (Lipinski definition) is 1. The molecule has 2 rings (SSSR count). The summed E-state index contributed by atoms with van der Waals surface area (Å²) in [7, 11) is 0. The van der Waals surface area contributed by atoms with Gasteiger partial charge in [-0.25, -0.2) is 0 Å². The molecule has 0 fully saturated rings. The van der Waals surface area contributed by atoms with Crippen molar-refractivity contribution >= 4 is 44.9 Å². The van der Waals surface area contributed by atoms with Gasteiger partial charge in [-0.1, -0.05) is 27.5 Å². The van der Waals surface area contributed by atoms with E-state index in [1.165, 1.54) is 6.92 Å². The zero-order valence-electron chi connectivity index (χ0n) is 12.6. The second-order valence-electron chi connectivity index (χ2n) is 4.96. The van der Waals surface area contributed by atoms with E-state index in [0.29, 0.717) is 22.0 Å². The van der Waals surface area contributed by atoms with Gasteiger partial charge in [0.15, 0.2) is 11.9 Å². The Labute approximate surface area is 147 Å². The van der Waals surface area contributed by atoms with Crippen LogP contribution in [0.1, 0.15) is 24.2 Å². The summed E-state index contributed by atoms with van der Waals surface area (Å²) in [5.41, 5.74) is 1.19. The number of carbonyl (C=O) groups is 2. The SMILES string of the molecule is CC(=O)c1ccc(NC(=O)[C@@H](C)Oc2ccc(Br)cc2Cl)cc1. The summed E-state index contributed by atoms with van der Waals surface area (Å²) < 4.78 is 6.41. The molecule has 2 aromatic carbocycles.